The van der Waals surface area contributed by atoms with Gasteiger partial charge in [0.1, 0.15) is 11.6 Å². The Hall–Kier alpha value is -2.57. The Morgan fingerprint density at radius 3 is 2.36 bits per heavy atom. The van der Waals surface area contributed by atoms with Gasteiger partial charge in [0.2, 0.25) is 5.91 Å². The van der Waals surface area contributed by atoms with Crippen LogP contribution in [-0.4, -0.2) is 12.3 Å². The molecule has 7 heteroatoms. The van der Waals surface area contributed by atoms with Gasteiger partial charge in [-0.25, -0.2) is 4.39 Å². The average molecular weight is 313 g/mol. The van der Waals surface area contributed by atoms with Crippen molar-refractivity contribution in [3.63, 3.8) is 0 Å². The van der Waals surface area contributed by atoms with Gasteiger partial charge in [0, 0.05) is 5.69 Å². The predicted molar refractivity (Wildman–Crippen MR) is 71.9 cm³/mol. The number of benzene rings is 2. The summed E-state index contributed by atoms with van der Waals surface area (Å²) in [5.41, 5.74) is 0.811. The number of carbonyl (C=O) groups excluding carboxylic acids is 1. The Bertz CT molecular complexity index is 653. The molecule has 3 nitrogen and oxygen atoms in total. The molecule has 0 aliphatic carbocycles. The summed E-state index contributed by atoms with van der Waals surface area (Å²) < 4.78 is 52.7. The summed E-state index contributed by atoms with van der Waals surface area (Å²) in [5, 5.41) is 2.49. The van der Waals surface area contributed by atoms with Gasteiger partial charge in [0.25, 0.3) is 0 Å². The van der Waals surface area contributed by atoms with Crippen LogP contribution in [0.4, 0.5) is 23.2 Å². The second-order valence-electron chi connectivity index (χ2n) is 4.43. The summed E-state index contributed by atoms with van der Waals surface area (Å²) >= 11 is 0. The zero-order chi connectivity index (χ0) is 16.2. The Kier molecular flexibility index (Phi) is 4.65. The third kappa shape index (κ3) is 5.08. The Balaban J connectivity index is 1.94. The molecule has 116 valence electrons. The van der Waals surface area contributed by atoms with Gasteiger partial charge in [-0.15, -0.1) is 13.2 Å². The summed E-state index contributed by atoms with van der Waals surface area (Å²) in [5.74, 6) is -1.25. The third-order valence-electron chi connectivity index (χ3n) is 2.63. The molecule has 0 atom stereocenters. The van der Waals surface area contributed by atoms with Crippen LogP contribution in [0.2, 0.25) is 0 Å². The van der Waals surface area contributed by atoms with Gasteiger partial charge in [0.15, 0.2) is 0 Å². The van der Waals surface area contributed by atoms with Crippen LogP contribution in [0.15, 0.2) is 48.5 Å². The number of rotatable bonds is 4. The second-order valence-corrected chi connectivity index (χ2v) is 4.43. The molecule has 2 aromatic rings. The highest BCUT2D eigenvalue weighted by Gasteiger charge is 2.30. The maximum atomic E-state index is 13.0. The predicted octanol–water partition coefficient (Wildman–Crippen LogP) is 3.91. The normalized spacial score (nSPS) is 11.1. The first-order chi connectivity index (χ1) is 10.3. The van der Waals surface area contributed by atoms with Crippen LogP contribution in [0.5, 0.6) is 5.75 Å². The minimum absolute atomic E-state index is 0.0528. The molecule has 1 N–H and O–H groups in total. The van der Waals surface area contributed by atoms with E-state index in [2.05, 4.69) is 10.1 Å². The second kappa shape index (κ2) is 6.46. The molecule has 2 rings (SSSR count). The van der Waals surface area contributed by atoms with Crippen molar-refractivity contribution in [1.82, 2.24) is 0 Å². The number of alkyl halides is 3. The highest BCUT2D eigenvalue weighted by molar-refractivity contribution is 5.92. The molecular weight excluding hydrogens is 302 g/mol. The summed E-state index contributed by atoms with van der Waals surface area (Å²) in [6.07, 6.45) is -4.81. The van der Waals surface area contributed by atoms with Crippen LogP contribution in [0.25, 0.3) is 0 Å². The van der Waals surface area contributed by atoms with Crippen LogP contribution in [0, 0.1) is 5.82 Å². The Labute approximate surface area is 123 Å². The van der Waals surface area contributed by atoms with Crippen molar-refractivity contribution in [2.75, 3.05) is 5.32 Å². The molecule has 0 bridgehead atoms. The van der Waals surface area contributed by atoms with Gasteiger partial charge in [-0.1, -0.05) is 18.2 Å². The summed E-state index contributed by atoms with van der Waals surface area (Å²) in [4.78, 5) is 11.8. The lowest BCUT2D eigenvalue weighted by Gasteiger charge is -2.09. The maximum Gasteiger partial charge on any atom is 0.573 e. The van der Waals surface area contributed by atoms with Crippen molar-refractivity contribution in [2.24, 2.45) is 0 Å². The number of ether oxygens (including phenoxy) is 1. The maximum absolute atomic E-state index is 13.0. The summed E-state index contributed by atoms with van der Waals surface area (Å²) in [7, 11) is 0. The van der Waals surface area contributed by atoms with E-state index >= 15 is 0 Å². The van der Waals surface area contributed by atoms with Gasteiger partial charge < -0.3 is 10.1 Å². The molecule has 0 aliphatic heterocycles. The fourth-order valence-electron chi connectivity index (χ4n) is 1.77. The topological polar surface area (TPSA) is 38.3 Å². The van der Waals surface area contributed by atoms with Crippen molar-refractivity contribution in [3.8, 4) is 5.75 Å². The van der Waals surface area contributed by atoms with Gasteiger partial charge in [-0.05, 0) is 35.9 Å². The quantitative estimate of drug-likeness (QED) is 0.869. The molecule has 22 heavy (non-hydrogen) atoms. The molecule has 2 aromatic carbocycles. The summed E-state index contributed by atoms with van der Waals surface area (Å²) in [6, 6.07) is 10.3. The first-order valence-electron chi connectivity index (χ1n) is 6.22. The van der Waals surface area contributed by atoms with Gasteiger partial charge in [0.05, 0.1) is 6.42 Å². The number of halogens is 4. The van der Waals surface area contributed by atoms with Crippen molar-refractivity contribution >= 4 is 11.6 Å². The standard InChI is InChI=1S/C15H11F4NO2/c16-11-2-1-3-12(9-11)20-14(21)8-10-4-6-13(7-5-10)22-15(17,18)19/h1-7,9H,8H2,(H,20,21). The lowest BCUT2D eigenvalue weighted by atomic mass is 10.1. The largest absolute Gasteiger partial charge is 0.573 e. The van der Waals surface area contributed by atoms with E-state index in [0.717, 1.165) is 18.2 Å². The molecular formula is C15H11F4NO2. The molecule has 0 unspecified atom stereocenters. The zero-order valence-corrected chi connectivity index (χ0v) is 11.2. The van der Waals surface area contributed by atoms with Crippen LogP contribution < -0.4 is 10.1 Å². The van der Waals surface area contributed by atoms with Crippen molar-refractivity contribution < 1.29 is 27.1 Å². The number of anilines is 1. The lowest BCUT2D eigenvalue weighted by molar-refractivity contribution is -0.274. The molecule has 0 saturated heterocycles. The van der Waals surface area contributed by atoms with Gasteiger partial charge >= 0.3 is 6.36 Å². The molecule has 0 saturated carbocycles. The minimum atomic E-state index is -4.75. The van der Waals surface area contributed by atoms with E-state index in [-0.39, 0.29) is 12.2 Å². The van der Waals surface area contributed by atoms with E-state index in [4.69, 9.17) is 0 Å². The molecule has 0 aromatic heterocycles. The summed E-state index contributed by atoms with van der Waals surface area (Å²) in [6.45, 7) is 0. The van der Waals surface area contributed by atoms with Gasteiger partial charge in [-0.2, -0.15) is 0 Å². The molecule has 0 heterocycles. The highest BCUT2D eigenvalue weighted by Crippen LogP contribution is 2.22. The van der Waals surface area contributed by atoms with E-state index in [1.807, 2.05) is 0 Å². The smallest absolute Gasteiger partial charge is 0.406 e. The van der Waals surface area contributed by atoms with Crippen LogP contribution in [-0.2, 0) is 11.2 Å². The van der Waals surface area contributed by atoms with E-state index in [9.17, 15) is 22.4 Å². The monoisotopic (exact) mass is 313 g/mol. The van der Waals surface area contributed by atoms with Crippen molar-refractivity contribution in [3.05, 3.63) is 59.9 Å². The first-order valence-corrected chi connectivity index (χ1v) is 6.22. The van der Waals surface area contributed by atoms with Crippen molar-refractivity contribution in [2.45, 2.75) is 12.8 Å². The van der Waals surface area contributed by atoms with Crippen LogP contribution in [0.1, 0.15) is 5.56 Å². The average Bonchev–Trinajstić information content (AvgIpc) is 2.39. The lowest BCUT2D eigenvalue weighted by Crippen LogP contribution is -2.17. The molecule has 0 spiro atoms. The number of nitrogens with one attached hydrogen (secondary N) is 1. The Morgan fingerprint density at radius 2 is 1.77 bits per heavy atom. The first kappa shape index (κ1) is 15.8. The zero-order valence-electron chi connectivity index (χ0n) is 11.2. The van der Waals surface area contributed by atoms with E-state index < -0.39 is 18.1 Å². The molecule has 0 aliphatic rings. The highest BCUT2D eigenvalue weighted by atomic mass is 19.4. The van der Waals surface area contributed by atoms with Crippen LogP contribution in [0.3, 0.4) is 0 Å². The van der Waals surface area contributed by atoms with E-state index in [1.165, 1.54) is 30.3 Å². The number of hydrogen-bond donors (Lipinski definition) is 1. The molecule has 0 fully saturated rings. The minimum Gasteiger partial charge on any atom is -0.406 e. The van der Waals surface area contributed by atoms with Crippen LogP contribution >= 0.6 is 0 Å². The number of amides is 1. The fourth-order valence-corrected chi connectivity index (χ4v) is 1.77. The van der Waals surface area contributed by atoms with Gasteiger partial charge in [-0.3, -0.25) is 4.79 Å². The van der Waals surface area contributed by atoms with Crippen molar-refractivity contribution in [1.29, 1.82) is 0 Å². The third-order valence-corrected chi connectivity index (χ3v) is 2.63. The van der Waals surface area contributed by atoms with E-state index in [0.29, 0.717) is 11.3 Å². The Morgan fingerprint density at radius 1 is 1.09 bits per heavy atom. The number of hydrogen-bond acceptors (Lipinski definition) is 2. The number of carbonyl (C=O) groups is 1. The molecule has 1 amide bonds. The van der Waals surface area contributed by atoms with E-state index in [1.54, 1.807) is 0 Å². The SMILES string of the molecule is O=C(Cc1ccc(OC(F)(F)F)cc1)Nc1cccc(F)c1. The fraction of sp³-hybridized carbons (Fsp3) is 0.133. The molecule has 0 radical (unpaired) electrons.